The van der Waals surface area contributed by atoms with E-state index in [4.69, 9.17) is 18.0 Å². The third-order valence-corrected chi connectivity index (χ3v) is 3.73. The van der Waals surface area contributed by atoms with Crippen LogP contribution in [0.25, 0.3) is 0 Å². The summed E-state index contributed by atoms with van der Waals surface area (Å²) >= 11 is 5.15. The number of nitrogens with zero attached hydrogens (tertiary/aromatic N) is 1. The molecule has 0 rings (SSSR count). The summed E-state index contributed by atoms with van der Waals surface area (Å²) < 4.78 is 0. The molecular formula is C14H27N3O2S. The Balaban J connectivity index is 5.11. The van der Waals surface area contributed by atoms with E-state index < -0.39 is 5.41 Å². The van der Waals surface area contributed by atoms with Crippen molar-refractivity contribution < 1.29 is 9.59 Å². The van der Waals surface area contributed by atoms with E-state index in [0.717, 1.165) is 12.8 Å². The molecular weight excluding hydrogens is 274 g/mol. The summed E-state index contributed by atoms with van der Waals surface area (Å²) in [6, 6.07) is 0. The third-order valence-electron chi connectivity index (χ3n) is 3.34. The molecule has 0 saturated carbocycles. The maximum atomic E-state index is 12.7. The van der Waals surface area contributed by atoms with Crippen LogP contribution in [0.5, 0.6) is 0 Å². The lowest BCUT2D eigenvalue weighted by Crippen LogP contribution is -2.51. The van der Waals surface area contributed by atoms with Crippen molar-refractivity contribution in [2.45, 2.75) is 46.5 Å². The smallest absolute Gasteiger partial charge is 0.239 e. The van der Waals surface area contributed by atoms with Crippen molar-refractivity contribution in [2.75, 3.05) is 20.1 Å². The van der Waals surface area contributed by atoms with Crippen molar-refractivity contribution >= 4 is 29.0 Å². The van der Waals surface area contributed by atoms with Gasteiger partial charge in [0.15, 0.2) is 0 Å². The first-order chi connectivity index (χ1) is 9.35. The Morgan fingerprint density at radius 1 is 1.20 bits per heavy atom. The fourth-order valence-electron chi connectivity index (χ4n) is 2.45. The molecule has 0 saturated heterocycles. The summed E-state index contributed by atoms with van der Waals surface area (Å²) in [5.41, 5.74) is 5.04. The lowest BCUT2D eigenvalue weighted by atomic mass is 9.77. The molecule has 0 unspecified atom stereocenters. The summed E-state index contributed by atoms with van der Waals surface area (Å²) in [6.07, 6.45) is 2.87. The molecule has 0 atom stereocenters. The summed E-state index contributed by atoms with van der Waals surface area (Å²) in [5.74, 6) is -0.326. The van der Waals surface area contributed by atoms with Crippen LogP contribution < -0.4 is 11.1 Å². The third kappa shape index (κ3) is 4.74. The van der Waals surface area contributed by atoms with E-state index in [1.54, 1.807) is 7.05 Å². The van der Waals surface area contributed by atoms with Crippen LogP contribution in [-0.4, -0.2) is 41.8 Å². The number of rotatable bonds is 9. The number of likely N-dealkylation sites (N-methyl/N-ethyl adjacent to an activating group) is 2. The highest BCUT2D eigenvalue weighted by molar-refractivity contribution is 7.80. The van der Waals surface area contributed by atoms with Crippen molar-refractivity contribution in [1.29, 1.82) is 0 Å². The van der Waals surface area contributed by atoms with E-state index in [2.05, 4.69) is 5.32 Å². The molecule has 6 heteroatoms. The molecule has 0 heterocycles. The zero-order chi connectivity index (χ0) is 15.8. The number of carbonyl (C=O) groups excluding carboxylic acids is 2. The average Bonchev–Trinajstić information content (AvgIpc) is 2.37. The van der Waals surface area contributed by atoms with Crippen molar-refractivity contribution in [2.24, 2.45) is 11.1 Å². The van der Waals surface area contributed by atoms with Crippen LogP contribution in [0.1, 0.15) is 46.5 Å². The van der Waals surface area contributed by atoms with Crippen LogP contribution in [0.2, 0.25) is 0 Å². The van der Waals surface area contributed by atoms with Crippen LogP contribution in [0, 0.1) is 5.41 Å². The molecule has 20 heavy (non-hydrogen) atoms. The fraction of sp³-hybridized carbons (Fsp3) is 0.786. The minimum absolute atomic E-state index is 0.0322. The van der Waals surface area contributed by atoms with Gasteiger partial charge in [0.05, 0.1) is 16.9 Å². The monoisotopic (exact) mass is 301 g/mol. The van der Waals surface area contributed by atoms with Gasteiger partial charge in [-0.25, -0.2) is 0 Å². The first-order valence-corrected chi connectivity index (χ1v) is 7.58. The summed E-state index contributed by atoms with van der Waals surface area (Å²) in [5, 5.41) is 2.68. The Hall–Kier alpha value is -1.17. The highest BCUT2D eigenvalue weighted by atomic mass is 32.1. The van der Waals surface area contributed by atoms with Gasteiger partial charge in [0.2, 0.25) is 11.8 Å². The molecule has 0 aliphatic rings. The Kier molecular flexibility index (Phi) is 8.37. The van der Waals surface area contributed by atoms with Gasteiger partial charge in [0.25, 0.3) is 0 Å². The summed E-state index contributed by atoms with van der Waals surface area (Å²) in [7, 11) is 1.62. The normalized spacial score (nSPS) is 11.0. The molecule has 0 aliphatic heterocycles. The van der Waals surface area contributed by atoms with Gasteiger partial charge >= 0.3 is 0 Å². The molecule has 0 aromatic heterocycles. The predicted molar refractivity (Wildman–Crippen MR) is 85.4 cm³/mol. The van der Waals surface area contributed by atoms with E-state index in [9.17, 15) is 9.59 Å². The van der Waals surface area contributed by atoms with Gasteiger partial charge in [-0.2, -0.15) is 0 Å². The van der Waals surface area contributed by atoms with Gasteiger partial charge in [0, 0.05) is 13.6 Å². The Morgan fingerprint density at radius 2 is 1.70 bits per heavy atom. The van der Waals surface area contributed by atoms with E-state index in [-0.39, 0.29) is 23.3 Å². The molecule has 0 bridgehead atoms. The molecule has 5 nitrogen and oxygen atoms in total. The molecule has 0 aromatic rings. The van der Waals surface area contributed by atoms with Gasteiger partial charge in [-0.05, 0) is 19.8 Å². The quantitative estimate of drug-likeness (QED) is 0.632. The second-order valence-electron chi connectivity index (χ2n) is 5.06. The minimum atomic E-state index is -0.819. The van der Waals surface area contributed by atoms with Crippen LogP contribution in [0.3, 0.4) is 0 Å². The van der Waals surface area contributed by atoms with Gasteiger partial charge in [-0.15, -0.1) is 0 Å². The number of hydrogen-bond donors (Lipinski definition) is 2. The molecule has 0 fully saturated rings. The number of hydrogen-bond acceptors (Lipinski definition) is 3. The predicted octanol–water partition coefficient (Wildman–Crippen LogP) is 1.45. The topological polar surface area (TPSA) is 75.4 Å². The molecule has 0 aliphatic carbocycles. The van der Waals surface area contributed by atoms with E-state index in [1.807, 2.05) is 20.8 Å². The zero-order valence-corrected chi connectivity index (χ0v) is 13.8. The first-order valence-electron chi connectivity index (χ1n) is 7.17. The lowest BCUT2D eigenvalue weighted by Gasteiger charge is -2.34. The number of amides is 2. The largest absolute Gasteiger partial charge is 0.392 e. The molecule has 116 valence electrons. The number of carbonyl (C=O) groups is 2. The number of nitrogens with one attached hydrogen (secondary N) is 1. The minimum Gasteiger partial charge on any atom is -0.392 e. The Morgan fingerprint density at radius 3 is 2.05 bits per heavy atom. The van der Waals surface area contributed by atoms with Crippen molar-refractivity contribution in [3.63, 3.8) is 0 Å². The summed E-state index contributed by atoms with van der Waals surface area (Å²) in [6.45, 7) is 6.42. The van der Waals surface area contributed by atoms with Crippen LogP contribution in [-0.2, 0) is 9.59 Å². The van der Waals surface area contributed by atoms with Crippen LogP contribution >= 0.6 is 12.2 Å². The zero-order valence-electron chi connectivity index (χ0n) is 13.0. The fourth-order valence-corrected chi connectivity index (χ4v) is 2.74. The molecule has 0 spiro atoms. The van der Waals surface area contributed by atoms with Gasteiger partial charge in [-0.1, -0.05) is 38.9 Å². The van der Waals surface area contributed by atoms with E-state index >= 15 is 0 Å². The SMILES string of the molecule is CCCC(CCC)(C(=O)N(C)CC(=O)NCC)C(N)=S. The lowest BCUT2D eigenvalue weighted by molar-refractivity contribution is -0.141. The van der Waals surface area contributed by atoms with Gasteiger partial charge < -0.3 is 16.0 Å². The van der Waals surface area contributed by atoms with Crippen molar-refractivity contribution in [1.82, 2.24) is 10.2 Å². The van der Waals surface area contributed by atoms with Crippen molar-refractivity contribution in [3.8, 4) is 0 Å². The maximum Gasteiger partial charge on any atom is 0.239 e. The van der Waals surface area contributed by atoms with Crippen molar-refractivity contribution in [3.05, 3.63) is 0 Å². The molecule has 0 radical (unpaired) electrons. The maximum absolute atomic E-state index is 12.7. The number of nitrogens with two attached hydrogens (primary N) is 1. The van der Waals surface area contributed by atoms with E-state index in [0.29, 0.717) is 19.4 Å². The standard InChI is InChI=1S/C14H27N3O2S/c1-5-8-14(9-6-2,12(15)20)13(19)17(4)10-11(18)16-7-3/h5-10H2,1-4H3,(H2,15,20)(H,16,18). The molecule has 2 amide bonds. The summed E-state index contributed by atoms with van der Waals surface area (Å²) in [4.78, 5) is 26.0. The Labute approximate surface area is 127 Å². The number of thiocarbonyl (C=S) groups is 1. The van der Waals surface area contributed by atoms with Crippen LogP contribution in [0.15, 0.2) is 0 Å². The second kappa shape index (κ2) is 8.89. The first kappa shape index (κ1) is 18.8. The second-order valence-corrected chi connectivity index (χ2v) is 5.50. The Bertz CT molecular complexity index is 352. The highest BCUT2D eigenvalue weighted by Gasteiger charge is 2.41. The molecule has 0 aromatic carbocycles. The highest BCUT2D eigenvalue weighted by Crippen LogP contribution is 2.32. The van der Waals surface area contributed by atoms with Gasteiger partial charge in [-0.3, -0.25) is 9.59 Å². The van der Waals surface area contributed by atoms with Crippen LogP contribution in [0.4, 0.5) is 0 Å². The molecule has 3 N–H and O–H groups in total. The average molecular weight is 301 g/mol. The van der Waals surface area contributed by atoms with E-state index in [1.165, 1.54) is 4.90 Å². The van der Waals surface area contributed by atoms with Gasteiger partial charge in [0.1, 0.15) is 0 Å².